The maximum atomic E-state index is 5.67. The molecule has 0 spiro atoms. The van der Waals surface area contributed by atoms with Gasteiger partial charge >= 0.3 is 0 Å². The fraction of sp³-hybridized carbons (Fsp3) is 0.333. The van der Waals surface area contributed by atoms with Gasteiger partial charge in [0.05, 0.1) is 0 Å². The normalized spacial score (nSPS) is 13.0. The summed E-state index contributed by atoms with van der Waals surface area (Å²) in [5.74, 6) is 0.569. The molecule has 1 aromatic carbocycles. The van der Waals surface area contributed by atoms with Crippen LogP contribution in [0.3, 0.4) is 0 Å². The van der Waals surface area contributed by atoms with Gasteiger partial charge in [0.25, 0.3) is 0 Å². The van der Waals surface area contributed by atoms with Gasteiger partial charge in [0, 0.05) is 11.9 Å². The molecule has 1 rings (SSSR count). The van der Waals surface area contributed by atoms with Gasteiger partial charge in [-0.2, -0.15) is 0 Å². The van der Waals surface area contributed by atoms with Gasteiger partial charge in [-0.05, 0) is 18.1 Å². The van der Waals surface area contributed by atoms with Gasteiger partial charge in [-0.15, -0.1) is 11.6 Å². The second-order valence-corrected chi connectivity index (χ2v) is 2.93. The molecular weight excluding hydrogens is 158 g/mol. The molecule has 0 aliphatic heterocycles. The van der Waals surface area contributed by atoms with Gasteiger partial charge in [0.2, 0.25) is 0 Å². The first-order valence-electron chi connectivity index (χ1n) is 3.64. The molecule has 0 fully saturated rings. The van der Waals surface area contributed by atoms with Crippen LogP contribution in [0.5, 0.6) is 0 Å². The highest BCUT2D eigenvalue weighted by Crippen LogP contribution is 2.11. The maximum Gasteiger partial charge on any atom is 0.0474 e. The molecule has 0 aliphatic carbocycles. The van der Waals surface area contributed by atoms with Crippen LogP contribution in [0, 0.1) is 0 Å². The van der Waals surface area contributed by atoms with Crippen LogP contribution in [0.25, 0.3) is 0 Å². The third-order valence-corrected chi connectivity index (χ3v) is 1.97. The number of nitrogens with two attached hydrogens (primary N) is 1. The fourth-order valence-corrected chi connectivity index (χ4v) is 1.09. The molecule has 1 aromatic rings. The van der Waals surface area contributed by atoms with Crippen molar-refractivity contribution in [3.05, 3.63) is 35.4 Å². The van der Waals surface area contributed by atoms with Crippen molar-refractivity contribution in [1.29, 1.82) is 0 Å². The van der Waals surface area contributed by atoms with E-state index in [4.69, 9.17) is 17.3 Å². The Morgan fingerprint density at radius 2 is 1.91 bits per heavy atom. The van der Waals surface area contributed by atoms with Crippen LogP contribution in [0.15, 0.2) is 24.3 Å². The summed E-state index contributed by atoms with van der Waals surface area (Å²) >= 11 is 5.63. The first-order chi connectivity index (χ1) is 5.24. The SMILES string of the molecule is CC(N)c1ccc(CCl)cc1. The number of alkyl halides is 1. The van der Waals surface area contributed by atoms with Crippen molar-refractivity contribution in [3.63, 3.8) is 0 Å². The van der Waals surface area contributed by atoms with Crippen LogP contribution in [-0.4, -0.2) is 0 Å². The molecule has 0 bridgehead atoms. The van der Waals surface area contributed by atoms with E-state index >= 15 is 0 Å². The maximum absolute atomic E-state index is 5.67. The van der Waals surface area contributed by atoms with E-state index in [-0.39, 0.29) is 6.04 Å². The number of benzene rings is 1. The smallest absolute Gasteiger partial charge is 0.0474 e. The molecule has 0 amide bonds. The molecule has 0 aromatic heterocycles. The van der Waals surface area contributed by atoms with Crippen molar-refractivity contribution < 1.29 is 0 Å². The summed E-state index contributed by atoms with van der Waals surface area (Å²) in [5.41, 5.74) is 7.96. The first kappa shape index (κ1) is 8.57. The zero-order chi connectivity index (χ0) is 8.27. The number of rotatable bonds is 2. The zero-order valence-corrected chi connectivity index (χ0v) is 7.31. The average molecular weight is 170 g/mol. The summed E-state index contributed by atoms with van der Waals surface area (Å²) < 4.78 is 0. The van der Waals surface area contributed by atoms with Gasteiger partial charge in [-0.3, -0.25) is 0 Å². The van der Waals surface area contributed by atoms with Gasteiger partial charge in [0.15, 0.2) is 0 Å². The highest BCUT2D eigenvalue weighted by atomic mass is 35.5. The summed E-state index contributed by atoms with van der Waals surface area (Å²) in [7, 11) is 0. The van der Waals surface area contributed by atoms with Gasteiger partial charge in [0.1, 0.15) is 0 Å². The number of hydrogen-bond donors (Lipinski definition) is 1. The molecule has 0 aliphatic rings. The minimum absolute atomic E-state index is 0.111. The van der Waals surface area contributed by atoms with Crippen LogP contribution in [-0.2, 0) is 5.88 Å². The first-order valence-corrected chi connectivity index (χ1v) is 4.18. The molecule has 60 valence electrons. The Balaban J connectivity index is 2.83. The predicted octanol–water partition coefficient (Wildman–Crippen LogP) is 2.45. The van der Waals surface area contributed by atoms with Gasteiger partial charge < -0.3 is 5.73 Å². The molecule has 11 heavy (non-hydrogen) atoms. The molecule has 2 N–H and O–H groups in total. The van der Waals surface area contributed by atoms with Crippen molar-refractivity contribution in [1.82, 2.24) is 0 Å². The molecule has 1 unspecified atom stereocenters. The minimum atomic E-state index is 0.111. The standard InChI is InChI=1S/C9H12ClN/c1-7(11)9-4-2-8(6-10)3-5-9/h2-5,7H,6,11H2,1H3. The van der Waals surface area contributed by atoms with Crippen LogP contribution in [0.1, 0.15) is 24.1 Å². The Morgan fingerprint density at radius 3 is 2.27 bits per heavy atom. The molecule has 1 nitrogen and oxygen atoms in total. The fourth-order valence-electron chi connectivity index (χ4n) is 0.910. The van der Waals surface area contributed by atoms with E-state index in [9.17, 15) is 0 Å². The quantitative estimate of drug-likeness (QED) is 0.677. The molecule has 1 atom stereocenters. The Labute approximate surface area is 72.2 Å². The Kier molecular flexibility index (Phi) is 2.92. The molecule has 0 radical (unpaired) electrons. The highest BCUT2D eigenvalue weighted by molar-refractivity contribution is 6.17. The molecular formula is C9H12ClN. The van der Waals surface area contributed by atoms with E-state index in [1.165, 1.54) is 0 Å². The topological polar surface area (TPSA) is 26.0 Å². The molecule has 2 heteroatoms. The van der Waals surface area contributed by atoms with Crippen molar-refractivity contribution in [2.75, 3.05) is 0 Å². The molecule has 0 heterocycles. The summed E-state index contributed by atoms with van der Waals surface area (Å²) in [6, 6.07) is 8.15. The summed E-state index contributed by atoms with van der Waals surface area (Å²) in [6.45, 7) is 1.97. The number of hydrogen-bond acceptors (Lipinski definition) is 1. The third kappa shape index (κ3) is 2.21. The third-order valence-electron chi connectivity index (χ3n) is 1.66. The summed E-state index contributed by atoms with van der Waals surface area (Å²) in [4.78, 5) is 0. The Morgan fingerprint density at radius 1 is 1.36 bits per heavy atom. The van der Waals surface area contributed by atoms with E-state index in [1.807, 2.05) is 31.2 Å². The van der Waals surface area contributed by atoms with E-state index in [2.05, 4.69) is 0 Å². The second-order valence-electron chi connectivity index (χ2n) is 2.66. The van der Waals surface area contributed by atoms with Gasteiger partial charge in [-0.25, -0.2) is 0 Å². The Hall–Kier alpha value is -0.530. The van der Waals surface area contributed by atoms with Crippen LogP contribution in [0.4, 0.5) is 0 Å². The average Bonchev–Trinajstić information content (AvgIpc) is 2.05. The lowest BCUT2D eigenvalue weighted by Gasteiger charge is -2.04. The Bertz CT molecular complexity index is 216. The summed E-state index contributed by atoms with van der Waals surface area (Å²) in [6.07, 6.45) is 0. The van der Waals surface area contributed by atoms with E-state index < -0.39 is 0 Å². The van der Waals surface area contributed by atoms with Crippen molar-refractivity contribution in [2.45, 2.75) is 18.8 Å². The highest BCUT2D eigenvalue weighted by Gasteiger charge is 1.97. The predicted molar refractivity (Wildman–Crippen MR) is 48.6 cm³/mol. The molecule has 0 saturated heterocycles. The zero-order valence-electron chi connectivity index (χ0n) is 6.55. The van der Waals surface area contributed by atoms with Crippen molar-refractivity contribution >= 4 is 11.6 Å². The van der Waals surface area contributed by atoms with Crippen LogP contribution in [0.2, 0.25) is 0 Å². The van der Waals surface area contributed by atoms with Crippen molar-refractivity contribution in [3.8, 4) is 0 Å². The van der Waals surface area contributed by atoms with Gasteiger partial charge in [-0.1, -0.05) is 24.3 Å². The monoisotopic (exact) mass is 169 g/mol. The largest absolute Gasteiger partial charge is 0.324 e. The summed E-state index contributed by atoms with van der Waals surface area (Å²) in [5, 5.41) is 0. The minimum Gasteiger partial charge on any atom is -0.324 e. The lowest BCUT2D eigenvalue weighted by Crippen LogP contribution is -2.04. The lowest BCUT2D eigenvalue weighted by molar-refractivity contribution is 0.817. The molecule has 0 saturated carbocycles. The van der Waals surface area contributed by atoms with Crippen LogP contribution >= 0.6 is 11.6 Å². The van der Waals surface area contributed by atoms with E-state index in [0.717, 1.165) is 11.1 Å². The van der Waals surface area contributed by atoms with E-state index in [0.29, 0.717) is 5.88 Å². The van der Waals surface area contributed by atoms with Crippen molar-refractivity contribution in [2.24, 2.45) is 5.73 Å². The van der Waals surface area contributed by atoms with Crippen LogP contribution < -0.4 is 5.73 Å². The lowest BCUT2D eigenvalue weighted by atomic mass is 10.1. The van der Waals surface area contributed by atoms with E-state index in [1.54, 1.807) is 0 Å². The second kappa shape index (κ2) is 3.74. The number of halogens is 1.